The first-order chi connectivity index (χ1) is 8.58. The van der Waals surface area contributed by atoms with Crippen LogP contribution in [-0.2, 0) is 11.3 Å². The number of anilines is 1. The van der Waals surface area contributed by atoms with Crippen LogP contribution in [0, 0.1) is 5.82 Å². The van der Waals surface area contributed by atoms with E-state index >= 15 is 0 Å². The molecule has 102 valence electrons. The molecule has 1 aromatic rings. The summed E-state index contributed by atoms with van der Waals surface area (Å²) in [5, 5.41) is 0. The highest BCUT2D eigenvalue weighted by Gasteiger charge is 2.13. The van der Waals surface area contributed by atoms with Crippen LogP contribution >= 0.6 is 0 Å². The monoisotopic (exact) mass is 254 g/mol. The van der Waals surface area contributed by atoms with Crippen molar-refractivity contribution in [3.8, 4) is 0 Å². The smallest absolute Gasteiger partial charge is 0.146 e. The molecule has 0 saturated carbocycles. The number of hydrogen-bond acceptors (Lipinski definition) is 3. The van der Waals surface area contributed by atoms with E-state index in [1.807, 2.05) is 6.07 Å². The zero-order valence-electron chi connectivity index (χ0n) is 11.4. The lowest BCUT2D eigenvalue weighted by Gasteiger charge is -2.28. The zero-order chi connectivity index (χ0) is 13.5. The first kappa shape index (κ1) is 14.9. The van der Waals surface area contributed by atoms with Crippen LogP contribution in [0.5, 0.6) is 0 Å². The Morgan fingerprint density at radius 3 is 2.72 bits per heavy atom. The molecule has 2 N–H and O–H groups in total. The van der Waals surface area contributed by atoms with E-state index in [0.717, 1.165) is 25.1 Å². The second-order valence-electron chi connectivity index (χ2n) is 4.58. The Hall–Kier alpha value is -1.13. The fourth-order valence-electron chi connectivity index (χ4n) is 1.83. The molecule has 1 rings (SSSR count). The highest BCUT2D eigenvalue weighted by atomic mass is 19.1. The van der Waals surface area contributed by atoms with E-state index in [-0.39, 0.29) is 11.5 Å². The molecule has 0 saturated heterocycles. The summed E-state index contributed by atoms with van der Waals surface area (Å²) >= 11 is 0. The van der Waals surface area contributed by atoms with E-state index < -0.39 is 0 Å². The van der Waals surface area contributed by atoms with E-state index in [4.69, 9.17) is 10.5 Å². The molecule has 0 aliphatic heterocycles. The number of methoxy groups -OCH3 is 1. The minimum absolute atomic E-state index is 0.200. The molecule has 18 heavy (non-hydrogen) atoms. The second-order valence-corrected chi connectivity index (χ2v) is 4.58. The molecular formula is C14H23FN2O. The molecule has 0 amide bonds. The molecule has 0 radical (unpaired) electrons. The van der Waals surface area contributed by atoms with Crippen molar-refractivity contribution in [2.75, 3.05) is 26.0 Å². The first-order valence-electron chi connectivity index (χ1n) is 6.35. The second kappa shape index (κ2) is 7.34. The van der Waals surface area contributed by atoms with Gasteiger partial charge in [0.2, 0.25) is 0 Å². The van der Waals surface area contributed by atoms with Crippen molar-refractivity contribution in [1.29, 1.82) is 0 Å². The van der Waals surface area contributed by atoms with Gasteiger partial charge < -0.3 is 10.5 Å². The summed E-state index contributed by atoms with van der Waals surface area (Å²) in [5.41, 5.74) is 6.62. The van der Waals surface area contributed by atoms with E-state index in [1.54, 1.807) is 13.2 Å². The number of ether oxygens (including phenoxy) is 1. The van der Waals surface area contributed by atoms with Crippen molar-refractivity contribution < 1.29 is 9.13 Å². The molecule has 3 nitrogen and oxygen atoms in total. The zero-order valence-corrected chi connectivity index (χ0v) is 11.4. The lowest BCUT2D eigenvalue weighted by Crippen LogP contribution is -2.34. The van der Waals surface area contributed by atoms with Crippen molar-refractivity contribution in [1.82, 2.24) is 4.90 Å². The Morgan fingerprint density at radius 2 is 2.17 bits per heavy atom. The number of nitrogens with zero attached hydrogens (tertiary/aromatic N) is 1. The molecule has 0 fully saturated rings. The Balaban J connectivity index is 2.71. The van der Waals surface area contributed by atoms with Crippen LogP contribution in [0.2, 0.25) is 0 Å². The molecule has 0 heterocycles. The van der Waals surface area contributed by atoms with E-state index in [9.17, 15) is 4.39 Å². The molecule has 1 atom stereocenters. The summed E-state index contributed by atoms with van der Waals surface area (Å²) in [6, 6.07) is 5.45. The van der Waals surface area contributed by atoms with Gasteiger partial charge in [-0.15, -0.1) is 0 Å². The van der Waals surface area contributed by atoms with Gasteiger partial charge in [-0.25, -0.2) is 4.39 Å². The maximum atomic E-state index is 13.4. The van der Waals surface area contributed by atoms with Crippen molar-refractivity contribution in [2.24, 2.45) is 0 Å². The fourth-order valence-corrected chi connectivity index (χ4v) is 1.83. The molecule has 0 bridgehead atoms. The third-order valence-electron chi connectivity index (χ3n) is 3.25. The number of halogens is 1. The third kappa shape index (κ3) is 4.27. The fraction of sp³-hybridized carbons (Fsp3) is 0.571. The van der Waals surface area contributed by atoms with E-state index in [2.05, 4.69) is 18.7 Å². The Bertz CT molecular complexity index is 371. The number of rotatable bonds is 7. The van der Waals surface area contributed by atoms with Crippen LogP contribution in [0.4, 0.5) is 10.1 Å². The predicted molar refractivity (Wildman–Crippen MR) is 72.9 cm³/mol. The molecule has 0 aliphatic rings. The highest BCUT2D eigenvalue weighted by Crippen LogP contribution is 2.15. The summed E-state index contributed by atoms with van der Waals surface area (Å²) in [7, 11) is 1.69. The van der Waals surface area contributed by atoms with Crippen LogP contribution in [0.25, 0.3) is 0 Å². The number of nitrogens with two attached hydrogens (primary N) is 1. The summed E-state index contributed by atoms with van der Waals surface area (Å²) in [6.07, 6.45) is 1.06. The average molecular weight is 254 g/mol. The summed E-state index contributed by atoms with van der Waals surface area (Å²) < 4.78 is 18.5. The molecule has 0 spiro atoms. The van der Waals surface area contributed by atoms with Crippen LogP contribution in [0.1, 0.15) is 25.8 Å². The Labute approximate surface area is 109 Å². The van der Waals surface area contributed by atoms with Gasteiger partial charge in [0.1, 0.15) is 5.82 Å². The maximum Gasteiger partial charge on any atom is 0.146 e. The largest absolute Gasteiger partial charge is 0.396 e. The topological polar surface area (TPSA) is 38.5 Å². The SMILES string of the molecule is CCC(C)N(CCOC)Cc1ccc(N)c(F)c1. The van der Waals surface area contributed by atoms with Crippen LogP contribution in [-0.4, -0.2) is 31.2 Å². The predicted octanol–water partition coefficient (Wildman–Crippen LogP) is 2.65. The number of hydrogen-bond donors (Lipinski definition) is 1. The normalized spacial score (nSPS) is 12.9. The van der Waals surface area contributed by atoms with Gasteiger partial charge in [-0.05, 0) is 31.0 Å². The van der Waals surface area contributed by atoms with Crippen LogP contribution in [0.3, 0.4) is 0 Å². The third-order valence-corrected chi connectivity index (χ3v) is 3.25. The molecule has 4 heteroatoms. The van der Waals surface area contributed by atoms with E-state index in [1.165, 1.54) is 6.07 Å². The van der Waals surface area contributed by atoms with Gasteiger partial charge in [0, 0.05) is 26.2 Å². The molecule has 0 aliphatic carbocycles. The standard InChI is InChI=1S/C14H23FN2O/c1-4-11(2)17(7-8-18-3)10-12-5-6-14(16)13(15)9-12/h5-6,9,11H,4,7-8,10,16H2,1-3H3. The summed E-state index contributed by atoms with van der Waals surface area (Å²) in [5.74, 6) is -0.344. The first-order valence-corrected chi connectivity index (χ1v) is 6.35. The van der Waals surface area contributed by atoms with Crippen molar-refractivity contribution in [3.05, 3.63) is 29.6 Å². The summed E-state index contributed by atoms with van der Waals surface area (Å²) in [6.45, 7) is 6.56. The molecule has 1 unspecified atom stereocenters. The van der Waals surface area contributed by atoms with Crippen LogP contribution < -0.4 is 5.73 Å². The number of benzene rings is 1. The van der Waals surface area contributed by atoms with Gasteiger partial charge in [0.15, 0.2) is 0 Å². The van der Waals surface area contributed by atoms with Crippen molar-refractivity contribution in [3.63, 3.8) is 0 Å². The van der Waals surface area contributed by atoms with Crippen LogP contribution in [0.15, 0.2) is 18.2 Å². The van der Waals surface area contributed by atoms with E-state index in [0.29, 0.717) is 12.6 Å². The molecule has 0 aromatic heterocycles. The van der Waals surface area contributed by atoms with Gasteiger partial charge in [0.25, 0.3) is 0 Å². The van der Waals surface area contributed by atoms with Crippen molar-refractivity contribution in [2.45, 2.75) is 32.9 Å². The van der Waals surface area contributed by atoms with Gasteiger partial charge in [0.05, 0.1) is 12.3 Å². The maximum absolute atomic E-state index is 13.4. The quantitative estimate of drug-likeness (QED) is 0.760. The van der Waals surface area contributed by atoms with Gasteiger partial charge in [-0.2, -0.15) is 0 Å². The minimum atomic E-state index is -0.344. The average Bonchev–Trinajstić information content (AvgIpc) is 2.37. The van der Waals surface area contributed by atoms with Gasteiger partial charge in [-0.1, -0.05) is 13.0 Å². The van der Waals surface area contributed by atoms with Crippen molar-refractivity contribution >= 4 is 5.69 Å². The Kier molecular flexibility index (Phi) is 6.09. The summed E-state index contributed by atoms with van der Waals surface area (Å²) in [4.78, 5) is 2.29. The lowest BCUT2D eigenvalue weighted by atomic mass is 10.1. The minimum Gasteiger partial charge on any atom is -0.396 e. The molecule has 1 aromatic carbocycles. The van der Waals surface area contributed by atoms with Gasteiger partial charge in [-0.3, -0.25) is 4.90 Å². The lowest BCUT2D eigenvalue weighted by molar-refractivity contribution is 0.118. The highest BCUT2D eigenvalue weighted by molar-refractivity contribution is 5.41. The number of nitrogen functional groups attached to an aromatic ring is 1. The molecular weight excluding hydrogens is 231 g/mol. The Morgan fingerprint density at radius 1 is 1.44 bits per heavy atom. The van der Waals surface area contributed by atoms with Gasteiger partial charge >= 0.3 is 0 Å².